The van der Waals surface area contributed by atoms with E-state index < -0.39 is 0 Å². The van der Waals surface area contributed by atoms with Crippen LogP contribution in [0.15, 0.2) is 42.6 Å². The molecule has 0 atom stereocenters. The van der Waals surface area contributed by atoms with Gasteiger partial charge >= 0.3 is 0 Å². The molecular formula is C14H13Cl2FN2O. The van der Waals surface area contributed by atoms with Crippen LogP contribution in [0.5, 0.6) is 0 Å². The van der Waals surface area contributed by atoms with Gasteiger partial charge in [0, 0.05) is 11.6 Å². The third kappa shape index (κ3) is 4.89. The molecule has 106 valence electrons. The summed E-state index contributed by atoms with van der Waals surface area (Å²) in [5.74, 6) is -0.339. The maximum atomic E-state index is 12.7. The Morgan fingerprint density at radius 1 is 1.20 bits per heavy atom. The van der Waals surface area contributed by atoms with Crippen molar-refractivity contribution in [2.75, 3.05) is 6.54 Å². The summed E-state index contributed by atoms with van der Waals surface area (Å²) < 4.78 is 12.7. The molecular weight excluding hydrogens is 302 g/mol. The van der Waals surface area contributed by atoms with Crippen molar-refractivity contribution < 1.29 is 26.9 Å². The number of carbonyl (C=O) groups excluding carboxylic acids is 1. The summed E-state index contributed by atoms with van der Waals surface area (Å²) in [6, 6.07) is 9.13. The summed E-state index contributed by atoms with van der Waals surface area (Å²) in [5.41, 5.74) is 1.46. The summed E-state index contributed by atoms with van der Waals surface area (Å²) in [7, 11) is 0. The molecule has 20 heavy (non-hydrogen) atoms. The van der Waals surface area contributed by atoms with Crippen LogP contribution >= 0.6 is 11.6 Å². The van der Waals surface area contributed by atoms with Crippen molar-refractivity contribution in [3.63, 3.8) is 0 Å². The van der Waals surface area contributed by atoms with Crippen LogP contribution in [0, 0.1) is 5.82 Å². The van der Waals surface area contributed by atoms with Gasteiger partial charge in [0.15, 0.2) is 5.78 Å². The Kier molecular flexibility index (Phi) is 6.58. The summed E-state index contributed by atoms with van der Waals surface area (Å²) in [4.78, 5) is 15.8. The second kappa shape index (κ2) is 7.94. The predicted octanol–water partition coefficient (Wildman–Crippen LogP) is -0.654. The number of benzene rings is 1. The maximum Gasteiger partial charge on any atom is 0.168 e. The zero-order valence-corrected chi connectivity index (χ0v) is 12.0. The highest BCUT2D eigenvalue weighted by Crippen LogP contribution is 2.06. The van der Waals surface area contributed by atoms with Gasteiger partial charge < -0.3 is 17.7 Å². The topological polar surface area (TPSA) is 46.6 Å². The fraction of sp³-hybridized carbons (Fsp3) is 0.143. The number of hydrogen-bond acceptors (Lipinski definition) is 2. The molecule has 6 heteroatoms. The fourth-order valence-electron chi connectivity index (χ4n) is 1.66. The quantitative estimate of drug-likeness (QED) is 0.589. The summed E-state index contributed by atoms with van der Waals surface area (Å²) in [5, 5.41) is 2.37. The lowest BCUT2D eigenvalue weighted by Gasteiger charge is -2.01. The van der Waals surface area contributed by atoms with Gasteiger partial charge in [-0.15, -0.1) is 0 Å². The first-order valence-electron chi connectivity index (χ1n) is 5.89. The molecule has 0 saturated carbocycles. The Hall–Kier alpha value is -1.49. The second-order valence-electron chi connectivity index (χ2n) is 4.09. The van der Waals surface area contributed by atoms with Gasteiger partial charge in [-0.05, 0) is 30.3 Å². The van der Waals surface area contributed by atoms with Crippen molar-refractivity contribution in [1.29, 1.82) is 0 Å². The molecule has 2 aromatic rings. The number of ketones is 1. The number of rotatable bonds is 5. The number of carbonyl (C=O) groups is 1. The van der Waals surface area contributed by atoms with Crippen molar-refractivity contribution in [2.24, 2.45) is 0 Å². The van der Waals surface area contributed by atoms with E-state index in [1.165, 1.54) is 24.3 Å². The number of aromatic nitrogens is 1. The lowest BCUT2D eigenvalue weighted by atomic mass is 10.1. The monoisotopic (exact) mass is 314 g/mol. The number of pyridine rings is 1. The molecule has 0 unspecified atom stereocenters. The van der Waals surface area contributed by atoms with Gasteiger partial charge in [0.25, 0.3) is 0 Å². The van der Waals surface area contributed by atoms with Crippen LogP contribution in [0.2, 0.25) is 5.15 Å². The van der Waals surface area contributed by atoms with Crippen LogP contribution in [0.3, 0.4) is 0 Å². The van der Waals surface area contributed by atoms with E-state index in [0.717, 1.165) is 5.69 Å². The Labute approximate surface area is 127 Å². The van der Waals surface area contributed by atoms with Crippen LogP contribution < -0.4 is 17.7 Å². The van der Waals surface area contributed by atoms with Gasteiger partial charge in [-0.25, -0.2) is 9.37 Å². The van der Waals surface area contributed by atoms with Gasteiger partial charge in [-0.3, -0.25) is 4.79 Å². The molecule has 0 spiro atoms. The van der Waals surface area contributed by atoms with Crippen molar-refractivity contribution >= 4 is 23.1 Å². The van der Waals surface area contributed by atoms with Crippen molar-refractivity contribution in [2.45, 2.75) is 6.42 Å². The normalized spacial score (nSPS) is 9.90. The molecule has 3 nitrogen and oxygen atoms in total. The number of halogens is 3. The second-order valence-corrected chi connectivity index (χ2v) is 4.47. The van der Waals surface area contributed by atoms with Gasteiger partial charge in [-0.1, -0.05) is 11.6 Å². The zero-order valence-electron chi connectivity index (χ0n) is 10.5. The minimum absolute atomic E-state index is 0. The molecule has 0 aliphatic heterocycles. The molecule has 0 amide bonds. The Morgan fingerprint density at radius 2 is 1.90 bits per heavy atom. The van der Waals surface area contributed by atoms with Gasteiger partial charge in [0.1, 0.15) is 16.7 Å². The van der Waals surface area contributed by atoms with Crippen molar-refractivity contribution in [3.8, 4) is 0 Å². The highest BCUT2D eigenvalue weighted by molar-refractivity contribution is 6.29. The first-order valence-corrected chi connectivity index (χ1v) is 6.26. The fourth-order valence-corrected chi connectivity index (χ4v) is 1.77. The first-order chi connectivity index (χ1) is 9.15. The molecule has 0 aliphatic carbocycles. The Morgan fingerprint density at radius 3 is 2.50 bits per heavy atom. The molecule has 1 aromatic carbocycles. The molecule has 2 N–H and O–H groups in total. The summed E-state index contributed by atoms with van der Waals surface area (Å²) >= 11 is 5.68. The lowest BCUT2D eigenvalue weighted by molar-refractivity contribution is -0.570. The number of Topliss-reactive ketones (excluding diaryl/α,β-unsaturated/α-hetero) is 1. The van der Waals surface area contributed by atoms with Gasteiger partial charge in [0.2, 0.25) is 0 Å². The molecule has 0 aliphatic rings. The molecule has 1 heterocycles. The molecule has 1 aromatic heterocycles. The van der Waals surface area contributed by atoms with E-state index in [2.05, 4.69) is 4.98 Å². The predicted molar refractivity (Wildman–Crippen MR) is 71.0 cm³/mol. The smallest absolute Gasteiger partial charge is 0.168 e. The minimum Gasteiger partial charge on any atom is -1.00 e. The van der Waals surface area contributed by atoms with E-state index in [9.17, 15) is 9.18 Å². The molecule has 0 radical (unpaired) electrons. The SMILES string of the molecule is O=C(CC[NH2+]c1ccc(Cl)nc1)c1ccc(F)cc1.[Cl-]. The molecule has 0 saturated heterocycles. The van der Waals surface area contributed by atoms with E-state index in [-0.39, 0.29) is 24.0 Å². The van der Waals surface area contributed by atoms with Crippen LogP contribution in [-0.2, 0) is 0 Å². The van der Waals surface area contributed by atoms with Gasteiger partial charge in [0.05, 0.1) is 19.2 Å². The molecule has 0 fully saturated rings. The lowest BCUT2D eigenvalue weighted by Crippen LogP contribution is -3.00. The average Bonchev–Trinajstić information content (AvgIpc) is 2.41. The van der Waals surface area contributed by atoms with Crippen LogP contribution in [-0.4, -0.2) is 17.3 Å². The highest BCUT2D eigenvalue weighted by Gasteiger charge is 2.07. The Balaban J connectivity index is 0.00000200. The minimum atomic E-state index is -0.338. The number of quaternary nitrogens is 1. The molecule has 0 bridgehead atoms. The summed E-state index contributed by atoms with van der Waals surface area (Å²) in [6.07, 6.45) is 2.04. The highest BCUT2D eigenvalue weighted by atomic mass is 35.5. The van der Waals surface area contributed by atoms with Crippen LogP contribution in [0.1, 0.15) is 16.8 Å². The largest absolute Gasteiger partial charge is 1.00 e. The average molecular weight is 315 g/mol. The molecule has 2 rings (SSSR count). The standard InChI is InChI=1S/C14H12ClFN2O.ClH/c15-14-6-5-12(9-18-14)17-8-7-13(19)10-1-3-11(16)4-2-10;/h1-6,9,17H,7-8H2;1H. The number of nitrogens with zero attached hydrogens (tertiary/aromatic N) is 1. The van der Waals surface area contributed by atoms with E-state index in [0.29, 0.717) is 23.7 Å². The van der Waals surface area contributed by atoms with E-state index in [4.69, 9.17) is 11.6 Å². The van der Waals surface area contributed by atoms with E-state index in [1.807, 2.05) is 11.4 Å². The van der Waals surface area contributed by atoms with E-state index in [1.54, 1.807) is 12.3 Å². The van der Waals surface area contributed by atoms with Crippen molar-refractivity contribution in [3.05, 3.63) is 59.1 Å². The summed E-state index contributed by atoms with van der Waals surface area (Å²) in [6.45, 7) is 0.611. The Bertz CT molecular complexity index is 558. The maximum absolute atomic E-state index is 12.7. The zero-order chi connectivity index (χ0) is 13.7. The first kappa shape index (κ1) is 16.6. The third-order valence-corrected chi connectivity index (χ3v) is 2.89. The van der Waals surface area contributed by atoms with E-state index >= 15 is 0 Å². The third-order valence-electron chi connectivity index (χ3n) is 2.67. The van der Waals surface area contributed by atoms with Crippen LogP contribution in [0.25, 0.3) is 0 Å². The van der Waals surface area contributed by atoms with Crippen molar-refractivity contribution in [1.82, 2.24) is 4.98 Å². The number of hydrogen-bond donors (Lipinski definition) is 1. The van der Waals surface area contributed by atoms with Gasteiger partial charge in [-0.2, -0.15) is 0 Å². The van der Waals surface area contributed by atoms with Crippen LogP contribution in [0.4, 0.5) is 10.1 Å². The number of nitrogens with two attached hydrogens (primary N) is 1.